The number of fused-ring (bicyclic) bond motifs is 1. The monoisotopic (exact) mass is 593 g/mol. The van der Waals surface area contributed by atoms with Gasteiger partial charge in [-0.2, -0.15) is 0 Å². The molecule has 1 saturated heterocycles. The molecule has 10 heteroatoms. The van der Waals surface area contributed by atoms with Crippen molar-refractivity contribution in [3.8, 4) is 5.75 Å². The van der Waals surface area contributed by atoms with Gasteiger partial charge in [0, 0.05) is 12.1 Å². The number of carbonyl (C=O) groups excluding carboxylic acids is 1. The van der Waals surface area contributed by atoms with Gasteiger partial charge in [-0.25, -0.2) is 4.99 Å². The number of benzene rings is 4. The van der Waals surface area contributed by atoms with E-state index in [0.29, 0.717) is 28.1 Å². The van der Waals surface area contributed by atoms with Gasteiger partial charge in [0.25, 0.3) is 11.6 Å². The summed E-state index contributed by atoms with van der Waals surface area (Å²) in [7, 11) is 0. The van der Waals surface area contributed by atoms with Gasteiger partial charge in [-0.3, -0.25) is 14.9 Å². The largest absolute Gasteiger partial charge is 0.488 e. The molecule has 0 saturated carbocycles. The van der Waals surface area contributed by atoms with Crippen LogP contribution in [0.4, 0.5) is 11.4 Å². The number of nitro groups is 1. The maximum atomic E-state index is 12.5. The number of hydrogen-bond donors (Lipinski definition) is 1. The van der Waals surface area contributed by atoms with Crippen molar-refractivity contribution < 1.29 is 14.5 Å². The fraction of sp³-hybridized carbons (Fsp3) is 0.0370. The van der Waals surface area contributed by atoms with E-state index >= 15 is 0 Å². The molecule has 0 unspecified atom stereocenters. The third-order valence-electron chi connectivity index (χ3n) is 5.53. The van der Waals surface area contributed by atoms with Crippen molar-refractivity contribution in [3.63, 3.8) is 0 Å². The van der Waals surface area contributed by atoms with Crippen molar-refractivity contribution in [3.05, 3.63) is 115 Å². The average Bonchev–Trinajstić information content (AvgIpc) is 3.22. The molecule has 1 amide bonds. The third-order valence-corrected chi connectivity index (χ3v) is 7.36. The Balaban J connectivity index is 1.30. The summed E-state index contributed by atoms with van der Waals surface area (Å²) < 4.78 is 6.83. The average molecular weight is 595 g/mol. The standard InChI is InChI=1S/C27H17BrClN3O4S/c28-21-12-16(8-11-24(21)36-15-18-6-3-5-17-4-1-2-7-20(17)18)13-25-26(33)31-27(37-25)30-23-10-9-19(32(34)35)14-22(23)29/h1-14H,15H2,(H,30,31,33)/b25-13+. The lowest BCUT2D eigenvalue weighted by Crippen LogP contribution is -2.19. The number of nitro benzene ring substituents is 1. The second-order valence-corrected chi connectivity index (χ2v) is 10.3. The SMILES string of the molecule is O=C1NC(=Nc2ccc([N+](=O)[O-])cc2Cl)S/C1=C/c1ccc(OCc2cccc3ccccc23)c(Br)c1. The predicted molar refractivity (Wildman–Crippen MR) is 151 cm³/mol. The minimum absolute atomic E-state index is 0.122. The van der Waals surface area contributed by atoms with E-state index in [2.05, 4.69) is 44.4 Å². The minimum atomic E-state index is -0.534. The summed E-state index contributed by atoms with van der Waals surface area (Å²) >= 11 is 10.8. The first-order valence-electron chi connectivity index (χ1n) is 11.0. The molecule has 0 spiro atoms. The summed E-state index contributed by atoms with van der Waals surface area (Å²) in [4.78, 5) is 27.6. The van der Waals surface area contributed by atoms with Crippen LogP contribution in [0.3, 0.4) is 0 Å². The fourth-order valence-electron chi connectivity index (χ4n) is 3.74. The number of carbonyl (C=O) groups is 1. The van der Waals surface area contributed by atoms with E-state index in [9.17, 15) is 14.9 Å². The third kappa shape index (κ3) is 5.69. The van der Waals surface area contributed by atoms with Crippen LogP contribution < -0.4 is 10.1 Å². The van der Waals surface area contributed by atoms with Gasteiger partial charge in [-0.1, -0.05) is 60.1 Å². The number of hydrogen-bond acceptors (Lipinski definition) is 6. The van der Waals surface area contributed by atoms with Crippen molar-refractivity contribution in [1.82, 2.24) is 5.32 Å². The van der Waals surface area contributed by atoms with Crippen molar-refractivity contribution in [2.45, 2.75) is 6.61 Å². The molecule has 0 atom stereocenters. The number of rotatable bonds is 6. The first-order chi connectivity index (χ1) is 17.9. The number of halogens is 2. The molecule has 0 radical (unpaired) electrons. The highest BCUT2D eigenvalue weighted by molar-refractivity contribution is 9.10. The normalized spacial score (nSPS) is 15.4. The molecule has 1 fully saturated rings. The van der Waals surface area contributed by atoms with Crippen LogP contribution in [0.1, 0.15) is 11.1 Å². The Morgan fingerprint density at radius 3 is 2.68 bits per heavy atom. The molecule has 0 aliphatic carbocycles. The molecular formula is C27H17BrClN3O4S. The summed E-state index contributed by atoms with van der Waals surface area (Å²) in [5.74, 6) is 0.392. The van der Waals surface area contributed by atoms with Gasteiger partial charge < -0.3 is 10.1 Å². The van der Waals surface area contributed by atoms with Crippen molar-refractivity contribution in [2.75, 3.05) is 0 Å². The summed E-state index contributed by atoms with van der Waals surface area (Å²) in [6.07, 6.45) is 1.75. The molecule has 1 N–H and O–H groups in total. The molecule has 1 aliphatic heterocycles. The highest BCUT2D eigenvalue weighted by Crippen LogP contribution is 2.34. The highest BCUT2D eigenvalue weighted by atomic mass is 79.9. The molecular weight excluding hydrogens is 578 g/mol. The Morgan fingerprint density at radius 1 is 1.08 bits per heavy atom. The number of amidine groups is 1. The minimum Gasteiger partial charge on any atom is -0.488 e. The van der Waals surface area contributed by atoms with Crippen LogP contribution in [0.15, 0.2) is 93.2 Å². The highest BCUT2D eigenvalue weighted by Gasteiger charge is 2.24. The quantitative estimate of drug-likeness (QED) is 0.141. The topological polar surface area (TPSA) is 93.8 Å². The Hall–Kier alpha value is -3.66. The van der Waals surface area contributed by atoms with E-state index in [1.807, 2.05) is 42.5 Å². The van der Waals surface area contributed by atoms with Gasteiger partial charge in [-0.05, 0) is 73.9 Å². The summed E-state index contributed by atoms with van der Waals surface area (Å²) in [5, 5.41) is 16.4. The molecule has 1 aliphatic rings. The smallest absolute Gasteiger partial charge is 0.271 e. The van der Waals surface area contributed by atoms with E-state index in [-0.39, 0.29) is 16.6 Å². The van der Waals surface area contributed by atoms with Gasteiger partial charge >= 0.3 is 0 Å². The maximum Gasteiger partial charge on any atom is 0.271 e. The number of nitrogens with one attached hydrogen (secondary N) is 1. The lowest BCUT2D eigenvalue weighted by molar-refractivity contribution is -0.384. The number of ether oxygens (including phenoxy) is 1. The lowest BCUT2D eigenvalue weighted by Gasteiger charge is -2.11. The zero-order valence-electron chi connectivity index (χ0n) is 19.0. The number of thioether (sulfide) groups is 1. The van der Waals surface area contributed by atoms with Crippen molar-refractivity contribution in [2.24, 2.45) is 4.99 Å². The van der Waals surface area contributed by atoms with E-state index in [4.69, 9.17) is 16.3 Å². The van der Waals surface area contributed by atoms with Crippen LogP contribution in [-0.2, 0) is 11.4 Å². The molecule has 37 heavy (non-hydrogen) atoms. The molecule has 5 rings (SSSR count). The molecule has 7 nitrogen and oxygen atoms in total. The van der Waals surface area contributed by atoms with Crippen LogP contribution >= 0.6 is 39.3 Å². The van der Waals surface area contributed by atoms with Gasteiger partial charge in [0.1, 0.15) is 12.4 Å². The number of nitrogens with zero attached hydrogens (tertiary/aromatic N) is 2. The zero-order valence-corrected chi connectivity index (χ0v) is 22.1. The second-order valence-electron chi connectivity index (χ2n) is 7.99. The summed E-state index contributed by atoms with van der Waals surface area (Å²) in [5.41, 5.74) is 2.09. The maximum absolute atomic E-state index is 12.5. The predicted octanol–water partition coefficient (Wildman–Crippen LogP) is 7.63. The van der Waals surface area contributed by atoms with Crippen LogP contribution in [0.2, 0.25) is 5.02 Å². The lowest BCUT2D eigenvalue weighted by atomic mass is 10.1. The zero-order chi connectivity index (χ0) is 25.9. The van der Waals surface area contributed by atoms with Gasteiger partial charge in [-0.15, -0.1) is 0 Å². The Kier molecular flexibility index (Phi) is 7.27. The number of aliphatic imine (C=N–C) groups is 1. The van der Waals surface area contributed by atoms with E-state index in [0.717, 1.165) is 38.1 Å². The summed E-state index contributed by atoms with van der Waals surface area (Å²) in [6, 6.07) is 23.9. The van der Waals surface area contributed by atoms with Crippen LogP contribution in [0.5, 0.6) is 5.75 Å². The molecule has 0 aromatic heterocycles. The number of non-ortho nitro benzene ring substituents is 1. The van der Waals surface area contributed by atoms with Gasteiger partial charge in [0.05, 0.1) is 25.0 Å². The first-order valence-corrected chi connectivity index (χ1v) is 13.0. The van der Waals surface area contributed by atoms with Gasteiger partial charge in [0.15, 0.2) is 5.17 Å². The molecule has 4 aromatic carbocycles. The van der Waals surface area contributed by atoms with E-state index < -0.39 is 4.92 Å². The van der Waals surface area contributed by atoms with Crippen LogP contribution in [0, 0.1) is 10.1 Å². The fourth-order valence-corrected chi connectivity index (χ4v) is 5.30. The summed E-state index contributed by atoms with van der Waals surface area (Å²) in [6.45, 7) is 0.420. The molecule has 4 aromatic rings. The van der Waals surface area contributed by atoms with Crippen molar-refractivity contribution in [1.29, 1.82) is 0 Å². The first kappa shape index (κ1) is 25.0. The molecule has 1 heterocycles. The van der Waals surface area contributed by atoms with E-state index in [1.54, 1.807) is 6.08 Å². The van der Waals surface area contributed by atoms with Crippen molar-refractivity contribution >= 4 is 78.6 Å². The van der Waals surface area contributed by atoms with Crippen LogP contribution in [-0.4, -0.2) is 16.0 Å². The Bertz CT molecular complexity index is 1620. The molecule has 0 bridgehead atoms. The number of amides is 1. The van der Waals surface area contributed by atoms with E-state index in [1.165, 1.54) is 18.2 Å². The molecule has 184 valence electrons. The van der Waals surface area contributed by atoms with Crippen LogP contribution in [0.25, 0.3) is 16.8 Å². The Labute approximate surface area is 229 Å². The second kappa shape index (κ2) is 10.8. The Morgan fingerprint density at radius 2 is 1.89 bits per heavy atom. The van der Waals surface area contributed by atoms with Gasteiger partial charge in [0.2, 0.25) is 0 Å².